The first kappa shape index (κ1) is 15.5. The molecule has 120 valence electrons. The van der Waals surface area contributed by atoms with Gasteiger partial charge in [0.1, 0.15) is 5.82 Å². The van der Waals surface area contributed by atoms with E-state index in [1.54, 1.807) is 6.20 Å². The maximum atomic E-state index is 11.8. The Balaban J connectivity index is 1.63. The summed E-state index contributed by atoms with van der Waals surface area (Å²) in [7, 11) is 0. The molecule has 1 fully saturated rings. The van der Waals surface area contributed by atoms with Gasteiger partial charge in [0.2, 0.25) is 5.91 Å². The molecule has 0 bridgehead atoms. The van der Waals surface area contributed by atoms with E-state index in [4.69, 9.17) is 0 Å². The lowest BCUT2D eigenvalue weighted by Crippen LogP contribution is -2.28. The first-order valence-electron chi connectivity index (χ1n) is 8.12. The molecule has 1 N–H and O–H groups in total. The molecule has 1 amide bonds. The molecule has 23 heavy (non-hydrogen) atoms. The second-order valence-electron chi connectivity index (χ2n) is 6.65. The number of nitrogens with zero attached hydrogens (tertiary/aromatic N) is 2. The molecule has 0 saturated carbocycles. The van der Waals surface area contributed by atoms with Crippen molar-refractivity contribution < 1.29 is 4.79 Å². The highest BCUT2D eigenvalue weighted by atomic mass is 16.2. The predicted octanol–water partition coefficient (Wildman–Crippen LogP) is 3.60. The zero-order valence-electron chi connectivity index (χ0n) is 13.7. The predicted molar refractivity (Wildman–Crippen MR) is 93.8 cm³/mol. The molecule has 2 aromatic rings. The molecule has 0 unspecified atom stereocenters. The van der Waals surface area contributed by atoms with Crippen molar-refractivity contribution in [2.75, 3.05) is 23.3 Å². The van der Waals surface area contributed by atoms with Crippen molar-refractivity contribution in [2.24, 2.45) is 0 Å². The van der Waals surface area contributed by atoms with Crippen LogP contribution in [0.25, 0.3) is 0 Å². The van der Waals surface area contributed by atoms with Gasteiger partial charge in [-0.25, -0.2) is 4.98 Å². The number of benzene rings is 1. The van der Waals surface area contributed by atoms with Crippen LogP contribution in [0, 0.1) is 0 Å². The van der Waals surface area contributed by atoms with Gasteiger partial charge in [-0.15, -0.1) is 0 Å². The van der Waals surface area contributed by atoms with Gasteiger partial charge in [-0.1, -0.05) is 44.2 Å². The third-order valence-electron chi connectivity index (χ3n) is 4.40. The number of rotatable bonds is 5. The van der Waals surface area contributed by atoms with Gasteiger partial charge >= 0.3 is 0 Å². The molecular weight excluding hydrogens is 286 g/mol. The Morgan fingerprint density at radius 3 is 2.57 bits per heavy atom. The molecule has 0 aliphatic carbocycles. The van der Waals surface area contributed by atoms with E-state index < -0.39 is 0 Å². The third kappa shape index (κ3) is 3.52. The summed E-state index contributed by atoms with van der Waals surface area (Å²) >= 11 is 0. The van der Waals surface area contributed by atoms with Crippen LogP contribution >= 0.6 is 0 Å². The van der Waals surface area contributed by atoms with E-state index in [0.29, 0.717) is 6.42 Å². The van der Waals surface area contributed by atoms with Crippen molar-refractivity contribution in [3.05, 3.63) is 54.2 Å². The van der Waals surface area contributed by atoms with Gasteiger partial charge in [-0.2, -0.15) is 0 Å². The van der Waals surface area contributed by atoms with Crippen LogP contribution < -0.4 is 10.2 Å². The summed E-state index contributed by atoms with van der Waals surface area (Å²) in [5, 5.41) is 3.40. The summed E-state index contributed by atoms with van der Waals surface area (Å²) in [4.78, 5) is 18.0. The van der Waals surface area contributed by atoms with Gasteiger partial charge in [0, 0.05) is 24.9 Å². The smallest absolute Gasteiger partial charge is 0.227 e. The normalized spacial score (nSPS) is 15.0. The van der Waals surface area contributed by atoms with Crippen LogP contribution in [-0.2, 0) is 10.2 Å². The SMILES string of the molecule is CC(C)(CNc1ccc(N2CCCC2=O)cn1)c1ccccc1. The molecule has 3 rings (SSSR count). The molecule has 1 aromatic heterocycles. The van der Waals surface area contributed by atoms with Crippen LogP contribution in [-0.4, -0.2) is 24.0 Å². The zero-order valence-corrected chi connectivity index (χ0v) is 13.7. The van der Waals surface area contributed by atoms with Crippen LogP contribution in [0.15, 0.2) is 48.7 Å². The number of pyridine rings is 1. The van der Waals surface area contributed by atoms with Gasteiger partial charge in [0.15, 0.2) is 0 Å². The van der Waals surface area contributed by atoms with Crippen molar-refractivity contribution >= 4 is 17.4 Å². The van der Waals surface area contributed by atoms with E-state index in [0.717, 1.165) is 31.0 Å². The van der Waals surface area contributed by atoms with Crippen LogP contribution in [0.4, 0.5) is 11.5 Å². The second kappa shape index (κ2) is 6.41. The summed E-state index contributed by atoms with van der Waals surface area (Å²) in [6, 6.07) is 14.4. The minimum absolute atomic E-state index is 0.0204. The summed E-state index contributed by atoms with van der Waals surface area (Å²) < 4.78 is 0. The number of carbonyl (C=O) groups is 1. The first-order valence-corrected chi connectivity index (χ1v) is 8.12. The quantitative estimate of drug-likeness (QED) is 0.918. The van der Waals surface area contributed by atoms with Crippen LogP contribution in [0.2, 0.25) is 0 Å². The largest absolute Gasteiger partial charge is 0.369 e. The van der Waals surface area contributed by atoms with E-state index in [1.807, 2.05) is 23.1 Å². The monoisotopic (exact) mass is 309 g/mol. The number of aromatic nitrogens is 1. The molecule has 1 aliphatic heterocycles. The molecule has 4 heteroatoms. The average molecular weight is 309 g/mol. The van der Waals surface area contributed by atoms with E-state index in [9.17, 15) is 4.79 Å². The topological polar surface area (TPSA) is 45.2 Å². The molecule has 1 aliphatic rings. The maximum absolute atomic E-state index is 11.8. The molecule has 0 spiro atoms. The number of amides is 1. The summed E-state index contributed by atoms with van der Waals surface area (Å²) in [5.74, 6) is 1.03. The molecule has 0 atom stereocenters. The fourth-order valence-corrected chi connectivity index (χ4v) is 2.87. The van der Waals surface area contributed by atoms with Crippen LogP contribution in [0.1, 0.15) is 32.3 Å². The first-order chi connectivity index (χ1) is 11.1. The minimum atomic E-state index is 0.0204. The fraction of sp³-hybridized carbons (Fsp3) is 0.368. The van der Waals surface area contributed by atoms with Crippen LogP contribution in [0.3, 0.4) is 0 Å². The third-order valence-corrected chi connectivity index (χ3v) is 4.40. The summed E-state index contributed by atoms with van der Waals surface area (Å²) in [6.07, 6.45) is 3.36. The van der Waals surface area contributed by atoms with Crippen molar-refractivity contribution in [1.82, 2.24) is 4.98 Å². The van der Waals surface area contributed by atoms with Gasteiger partial charge in [0.25, 0.3) is 0 Å². The van der Waals surface area contributed by atoms with E-state index in [-0.39, 0.29) is 11.3 Å². The fourth-order valence-electron chi connectivity index (χ4n) is 2.87. The van der Waals surface area contributed by atoms with Gasteiger partial charge in [-0.05, 0) is 24.1 Å². The number of hydrogen-bond acceptors (Lipinski definition) is 3. The lowest BCUT2D eigenvalue weighted by Gasteiger charge is -2.26. The second-order valence-corrected chi connectivity index (χ2v) is 6.65. The molecule has 1 aromatic carbocycles. The summed E-state index contributed by atoms with van der Waals surface area (Å²) in [6.45, 7) is 6.03. The Morgan fingerprint density at radius 1 is 1.17 bits per heavy atom. The summed E-state index contributed by atoms with van der Waals surface area (Å²) in [5.41, 5.74) is 2.21. The minimum Gasteiger partial charge on any atom is -0.369 e. The van der Waals surface area contributed by atoms with Gasteiger partial charge in [-0.3, -0.25) is 4.79 Å². The highest BCUT2D eigenvalue weighted by molar-refractivity contribution is 5.95. The maximum Gasteiger partial charge on any atom is 0.227 e. The van der Waals surface area contributed by atoms with Crippen molar-refractivity contribution in [3.63, 3.8) is 0 Å². The molecule has 0 radical (unpaired) electrons. The lowest BCUT2D eigenvalue weighted by atomic mass is 9.84. The average Bonchev–Trinajstić information content (AvgIpc) is 3.00. The Kier molecular flexibility index (Phi) is 4.33. The zero-order chi connectivity index (χ0) is 16.3. The Hall–Kier alpha value is -2.36. The molecule has 2 heterocycles. The molecule has 4 nitrogen and oxygen atoms in total. The van der Waals surface area contributed by atoms with Crippen molar-refractivity contribution in [3.8, 4) is 0 Å². The number of anilines is 2. The highest BCUT2D eigenvalue weighted by Gasteiger charge is 2.22. The Labute approximate surface area is 137 Å². The standard InChI is InChI=1S/C19H23N3O/c1-19(2,15-7-4-3-5-8-15)14-21-17-11-10-16(13-20-17)22-12-6-9-18(22)23/h3-5,7-8,10-11,13H,6,9,12,14H2,1-2H3,(H,20,21). The number of hydrogen-bond donors (Lipinski definition) is 1. The van der Waals surface area contributed by atoms with Gasteiger partial charge in [0.05, 0.1) is 11.9 Å². The van der Waals surface area contributed by atoms with Gasteiger partial charge < -0.3 is 10.2 Å². The Bertz CT molecular complexity index is 665. The van der Waals surface area contributed by atoms with E-state index in [1.165, 1.54) is 5.56 Å². The molecular formula is C19H23N3O. The number of nitrogens with one attached hydrogen (secondary N) is 1. The highest BCUT2D eigenvalue weighted by Crippen LogP contribution is 2.24. The van der Waals surface area contributed by atoms with Crippen LogP contribution in [0.5, 0.6) is 0 Å². The van der Waals surface area contributed by atoms with Crippen molar-refractivity contribution in [1.29, 1.82) is 0 Å². The Morgan fingerprint density at radius 2 is 1.96 bits per heavy atom. The number of carbonyl (C=O) groups excluding carboxylic acids is 1. The lowest BCUT2D eigenvalue weighted by molar-refractivity contribution is -0.117. The van der Waals surface area contributed by atoms with Crippen molar-refractivity contribution in [2.45, 2.75) is 32.1 Å². The van der Waals surface area contributed by atoms with E-state index >= 15 is 0 Å². The molecule has 1 saturated heterocycles. The van der Waals surface area contributed by atoms with E-state index in [2.05, 4.69) is 48.4 Å².